The molecule has 1 heterocycles. The fourth-order valence-corrected chi connectivity index (χ4v) is 5.54. The zero-order chi connectivity index (χ0) is 24.3. The van der Waals surface area contributed by atoms with E-state index in [-0.39, 0.29) is 27.9 Å². The van der Waals surface area contributed by atoms with Crippen LogP contribution in [0.15, 0.2) is 71.6 Å². The van der Waals surface area contributed by atoms with Gasteiger partial charge in [0.15, 0.2) is 9.84 Å². The molecule has 176 valence electrons. The van der Waals surface area contributed by atoms with Crippen molar-refractivity contribution >= 4 is 27.5 Å². The number of hydrogen-bond donors (Lipinski definition) is 4. The molecule has 9 heteroatoms. The minimum absolute atomic E-state index is 0.165. The molecular formula is C25H26N4O4S. The van der Waals surface area contributed by atoms with Crippen LogP contribution in [-0.2, 0) is 28.7 Å². The molecule has 8 nitrogen and oxygen atoms in total. The lowest BCUT2D eigenvalue weighted by Gasteiger charge is -2.16. The SMILES string of the molecule is CC(NC(=O)Nc1ccc(S(=O)(=O)Cc2ccc3c(c2)CNC3)c(C(N)=O)c1)c1ccccc1. The summed E-state index contributed by atoms with van der Waals surface area (Å²) in [6, 6.07) is 18.3. The van der Waals surface area contributed by atoms with Crippen LogP contribution in [0.4, 0.5) is 10.5 Å². The van der Waals surface area contributed by atoms with E-state index in [1.165, 1.54) is 18.2 Å². The molecule has 0 saturated heterocycles. The summed E-state index contributed by atoms with van der Waals surface area (Å²) in [6.45, 7) is 3.30. The minimum atomic E-state index is -3.86. The number of carbonyl (C=O) groups is 2. The van der Waals surface area contributed by atoms with Gasteiger partial charge in [-0.1, -0.05) is 48.5 Å². The second-order valence-electron chi connectivity index (χ2n) is 8.27. The molecule has 34 heavy (non-hydrogen) atoms. The number of carbonyl (C=O) groups excluding carboxylic acids is 2. The monoisotopic (exact) mass is 478 g/mol. The summed E-state index contributed by atoms with van der Waals surface area (Å²) in [5, 5.41) is 8.66. The van der Waals surface area contributed by atoms with E-state index < -0.39 is 21.8 Å². The van der Waals surface area contributed by atoms with Crippen LogP contribution in [0, 0.1) is 0 Å². The van der Waals surface area contributed by atoms with Crippen molar-refractivity contribution in [3.63, 3.8) is 0 Å². The molecule has 3 aromatic rings. The molecule has 1 aliphatic rings. The third-order valence-corrected chi connectivity index (χ3v) is 7.48. The third-order valence-electron chi connectivity index (χ3n) is 5.74. The maximum atomic E-state index is 13.1. The Kier molecular flexibility index (Phi) is 6.67. The Hall–Kier alpha value is -3.69. The van der Waals surface area contributed by atoms with Gasteiger partial charge in [0.05, 0.1) is 22.3 Å². The lowest BCUT2D eigenvalue weighted by molar-refractivity contribution is 0.0997. The summed E-state index contributed by atoms with van der Waals surface area (Å²) in [5.74, 6) is -1.15. The van der Waals surface area contributed by atoms with Crippen LogP contribution < -0.4 is 21.7 Å². The highest BCUT2D eigenvalue weighted by atomic mass is 32.2. The average Bonchev–Trinajstić information content (AvgIpc) is 3.27. The lowest BCUT2D eigenvalue weighted by Crippen LogP contribution is -2.31. The predicted molar refractivity (Wildman–Crippen MR) is 130 cm³/mol. The molecule has 5 N–H and O–H groups in total. The molecule has 0 aromatic heterocycles. The maximum Gasteiger partial charge on any atom is 0.319 e. The molecular weight excluding hydrogens is 452 g/mol. The van der Waals surface area contributed by atoms with Gasteiger partial charge in [0.1, 0.15) is 0 Å². The van der Waals surface area contributed by atoms with Crippen LogP contribution in [-0.4, -0.2) is 20.4 Å². The van der Waals surface area contributed by atoms with Crippen molar-refractivity contribution in [3.05, 3.63) is 94.5 Å². The largest absolute Gasteiger partial charge is 0.366 e. The summed E-state index contributed by atoms with van der Waals surface area (Å²) < 4.78 is 26.3. The molecule has 0 radical (unpaired) electrons. The number of nitrogens with one attached hydrogen (secondary N) is 3. The van der Waals surface area contributed by atoms with Gasteiger partial charge in [-0.2, -0.15) is 0 Å². The van der Waals surface area contributed by atoms with Crippen LogP contribution in [0.25, 0.3) is 0 Å². The zero-order valence-electron chi connectivity index (χ0n) is 18.7. The Balaban J connectivity index is 1.51. The Labute approximate surface area is 198 Å². The quantitative estimate of drug-likeness (QED) is 0.414. The van der Waals surface area contributed by atoms with Gasteiger partial charge in [0.25, 0.3) is 0 Å². The highest BCUT2D eigenvalue weighted by molar-refractivity contribution is 7.90. The molecule has 4 rings (SSSR count). The standard InChI is InChI=1S/C25H26N4O4S/c1-16(18-5-3-2-4-6-18)28-25(31)29-21-9-10-23(22(12-21)24(26)30)34(32,33)15-17-7-8-19-13-27-14-20(19)11-17/h2-12,16,27H,13-15H2,1H3,(H2,26,30)(H2,28,29,31). The second-order valence-corrected chi connectivity index (χ2v) is 10.2. The van der Waals surface area contributed by atoms with Crippen molar-refractivity contribution in [2.45, 2.75) is 36.7 Å². The van der Waals surface area contributed by atoms with Gasteiger partial charge < -0.3 is 21.7 Å². The molecule has 1 atom stereocenters. The predicted octanol–water partition coefficient (Wildman–Crippen LogP) is 3.25. The Morgan fingerprint density at radius 1 is 1.00 bits per heavy atom. The van der Waals surface area contributed by atoms with Crippen molar-refractivity contribution in [1.82, 2.24) is 10.6 Å². The van der Waals surface area contributed by atoms with E-state index in [2.05, 4.69) is 16.0 Å². The first kappa shape index (κ1) is 23.5. The lowest BCUT2D eigenvalue weighted by atomic mass is 10.1. The fraction of sp³-hybridized carbons (Fsp3) is 0.200. The van der Waals surface area contributed by atoms with E-state index in [0.717, 1.165) is 23.2 Å². The zero-order valence-corrected chi connectivity index (χ0v) is 19.5. The normalized spacial score (nSPS) is 13.7. The minimum Gasteiger partial charge on any atom is -0.366 e. The Morgan fingerprint density at radius 2 is 1.74 bits per heavy atom. The highest BCUT2D eigenvalue weighted by Crippen LogP contribution is 2.26. The van der Waals surface area contributed by atoms with E-state index in [1.807, 2.05) is 49.4 Å². The van der Waals surface area contributed by atoms with Gasteiger partial charge in [0.2, 0.25) is 5.91 Å². The molecule has 0 bridgehead atoms. The highest BCUT2D eigenvalue weighted by Gasteiger charge is 2.24. The van der Waals surface area contributed by atoms with Crippen molar-refractivity contribution in [2.75, 3.05) is 5.32 Å². The van der Waals surface area contributed by atoms with Crippen LogP contribution in [0.1, 0.15) is 45.6 Å². The smallest absolute Gasteiger partial charge is 0.319 e. The number of anilines is 1. The number of fused-ring (bicyclic) bond motifs is 1. The molecule has 1 unspecified atom stereocenters. The van der Waals surface area contributed by atoms with Crippen molar-refractivity contribution in [3.8, 4) is 0 Å². The second kappa shape index (κ2) is 9.66. The van der Waals surface area contributed by atoms with E-state index >= 15 is 0 Å². The van der Waals surface area contributed by atoms with Gasteiger partial charge in [-0.05, 0) is 47.4 Å². The molecule has 0 aliphatic carbocycles. The van der Waals surface area contributed by atoms with E-state index in [4.69, 9.17) is 5.73 Å². The van der Waals surface area contributed by atoms with Crippen LogP contribution in [0.2, 0.25) is 0 Å². The van der Waals surface area contributed by atoms with Gasteiger partial charge in [-0.25, -0.2) is 13.2 Å². The molecule has 0 saturated carbocycles. The van der Waals surface area contributed by atoms with Gasteiger partial charge in [0, 0.05) is 18.8 Å². The average molecular weight is 479 g/mol. The summed E-state index contributed by atoms with van der Waals surface area (Å²) in [7, 11) is -3.86. The first-order valence-corrected chi connectivity index (χ1v) is 12.5. The van der Waals surface area contributed by atoms with Crippen LogP contribution in [0.3, 0.4) is 0 Å². The maximum absolute atomic E-state index is 13.1. The van der Waals surface area contributed by atoms with Crippen LogP contribution in [0.5, 0.6) is 0 Å². The summed E-state index contributed by atoms with van der Waals surface area (Å²) in [5.41, 5.74) is 9.36. The Morgan fingerprint density at radius 3 is 2.47 bits per heavy atom. The van der Waals surface area contributed by atoms with Gasteiger partial charge >= 0.3 is 6.03 Å². The fourth-order valence-electron chi connectivity index (χ4n) is 4.00. The first-order chi connectivity index (χ1) is 16.2. The van der Waals surface area contributed by atoms with E-state index in [0.29, 0.717) is 12.1 Å². The Bertz CT molecular complexity index is 1340. The molecule has 3 amide bonds. The molecule has 3 aromatic carbocycles. The van der Waals surface area contributed by atoms with Gasteiger partial charge in [-0.3, -0.25) is 4.79 Å². The number of sulfone groups is 1. The van der Waals surface area contributed by atoms with E-state index in [9.17, 15) is 18.0 Å². The number of primary amides is 1. The summed E-state index contributed by atoms with van der Waals surface area (Å²) >= 11 is 0. The van der Waals surface area contributed by atoms with Crippen molar-refractivity contribution < 1.29 is 18.0 Å². The third kappa shape index (κ3) is 5.27. The topological polar surface area (TPSA) is 130 Å². The van der Waals surface area contributed by atoms with E-state index in [1.54, 1.807) is 6.07 Å². The number of amides is 3. The number of benzene rings is 3. The van der Waals surface area contributed by atoms with Crippen molar-refractivity contribution in [2.24, 2.45) is 5.73 Å². The number of rotatable bonds is 7. The number of urea groups is 1. The molecule has 0 fully saturated rings. The van der Waals surface area contributed by atoms with Gasteiger partial charge in [-0.15, -0.1) is 0 Å². The summed E-state index contributed by atoms with van der Waals surface area (Å²) in [4.78, 5) is 24.4. The summed E-state index contributed by atoms with van der Waals surface area (Å²) in [6.07, 6.45) is 0. The van der Waals surface area contributed by atoms with Crippen molar-refractivity contribution in [1.29, 1.82) is 0 Å². The molecule has 0 spiro atoms. The number of hydrogen-bond acceptors (Lipinski definition) is 5. The first-order valence-electron chi connectivity index (χ1n) is 10.8. The number of nitrogens with two attached hydrogens (primary N) is 1. The molecule has 1 aliphatic heterocycles. The van der Waals surface area contributed by atoms with Crippen LogP contribution >= 0.6 is 0 Å².